The lowest BCUT2D eigenvalue weighted by molar-refractivity contribution is 0.0101. The van der Waals surface area contributed by atoms with Crippen LogP contribution in [0.25, 0.3) is 0 Å². The van der Waals surface area contributed by atoms with E-state index in [4.69, 9.17) is 0 Å². The third kappa shape index (κ3) is 5.58. The van der Waals surface area contributed by atoms with Crippen LogP contribution in [0.3, 0.4) is 0 Å². The van der Waals surface area contributed by atoms with Crippen molar-refractivity contribution in [2.75, 3.05) is 6.61 Å². The second kappa shape index (κ2) is 11.2. The van der Waals surface area contributed by atoms with Crippen LogP contribution in [-0.4, -0.2) is 34.1 Å². The van der Waals surface area contributed by atoms with Crippen LogP contribution < -0.4 is 0 Å². The molecule has 1 unspecified atom stereocenters. The van der Waals surface area contributed by atoms with Crippen molar-refractivity contribution in [2.24, 2.45) is 35.0 Å². The molecular formula is C28H50O3. The van der Waals surface area contributed by atoms with Crippen LogP contribution in [0, 0.1) is 35.0 Å². The molecule has 0 saturated heterocycles. The molecule has 3 N–H and O–H groups in total. The van der Waals surface area contributed by atoms with E-state index in [1.807, 2.05) is 0 Å². The topological polar surface area (TPSA) is 60.7 Å². The van der Waals surface area contributed by atoms with Gasteiger partial charge in [-0.2, -0.15) is 0 Å². The summed E-state index contributed by atoms with van der Waals surface area (Å²) in [4.78, 5) is 0. The zero-order valence-electron chi connectivity index (χ0n) is 20.8. The summed E-state index contributed by atoms with van der Waals surface area (Å²) in [6.07, 6.45) is 14.3. The van der Waals surface area contributed by atoms with Gasteiger partial charge in [-0.05, 0) is 92.4 Å². The Bertz CT molecular complexity index is 599. The average molecular weight is 435 g/mol. The normalized spacial score (nSPS) is 38.2. The summed E-state index contributed by atoms with van der Waals surface area (Å²) in [6.45, 7) is 9.78. The minimum atomic E-state index is -0.446. The van der Waals surface area contributed by atoms with Crippen molar-refractivity contribution < 1.29 is 15.3 Å². The predicted octanol–water partition coefficient (Wildman–Crippen LogP) is 6.26. The number of aliphatic hydroxyl groups excluding tert-OH is 3. The van der Waals surface area contributed by atoms with Gasteiger partial charge in [-0.3, -0.25) is 0 Å². The van der Waals surface area contributed by atoms with Crippen molar-refractivity contribution in [3.05, 3.63) is 11.1 Å². The van der Waals surface area contributed by atoms with Crippen LogP contribution in [0.15, 0.2) is 11.1 Å². The highest BCUT2D eigenvalue weighted by atomic mass is 16.3. The Morgan fingerprint density at radius 2 is 1.90 bits per heavy atom. The number of hydrogen-bond acceptors (Lipinski definition) is 3. The Kier molecular flexibility index (Phi) is 9.09. The standard InChI is InChI=1S/C28H50O3/c1-5-6-8-21(14-16-29)19(2)25-12-13-26-22(9-7-15-28(25,26)4)10-11-23-17-24(30)18-27(31)20(23)3/h19,21-22,24-27,29-31H,5-18H2,1-4H3/t19-,21-,22?,24-,25-,26+,27+,28-/m1/s1. The zero-order valence-corrected chi connectivity index (χ0v) is 20.8. The molecule has 0 bridgehead atoms. The van der Waals surface area contributed by atoms with Gasteiger partial charge >= 0.3 is 0 Å². The Morgan fingerprint density at radius 1 is 1.13 bits per heavy atom. The van der Waals surface area contributed by atoms with Crippen LogP contribution >= 0.6 is 0 Å². The van der Waals surface area contributed by atoms with Crippen molar-refractivity contribution in [1.29, 1.82) is 0 Å². The second-order valence-corrected chi connectivity index (χ2v) is 11.7. The maximum Gasteiger partial charge on any atom is 0.0774 e. The van der Waals surface area contributed by atoms with Gasteiger partial charge in [-0.1, -0.05) is 58.4 Å². The number of fused-ring (bicyclic) bond motifs is 1. The molecule has 0 heterocycles. The molecule has 0 aromatic rings. The lowest BCUT2D eigenvalue weighted by atomic mass is 9.57. The van der Waals surface area contributed by atoms with Crippen molar-refractivity contribution >= 4 is 0 Å². The third-order valence-electron chi connectivity index (χ3n) is 10.0. The maximum absolute atomic E-state index is 10.3. The molecule has 2 saturated carbocycles. The summed E-state index contributed by atoms with van der Waals surface area (Å²) < 4.78 is 0. The molecular weight excluding hydrogens is 384 g/mol. The first-order valence-electron chi connectivity index (χ1n) is 13.5. The largest absolute Gasteiger partial charge is 0.396 e. The Balaban J connectivity index is 1.67. The molecule has 0 amide bonds. The molecule has 31 heavy (non-hydrogen) atoms. The smallest absolute Gasteiger partial charge is 0.0774 e. The molecule has 8 atom stereocenters. The lowest BCUT2D eigenvalue weighted by Gasteiger charge is -2.48. The van der Waals surface area contributed by atoms with Crippen molar-refractivity contribution in [3.63, 3.8) is 0 Å². The Labute approximate surface area is 191 Å². The van der Waals surface area contributed by atoms with Gasteiger partial charge in [-0.25, -0.2) is 0 Å². The molecule has 0 aromatic heterocycles. The van der Waals surface area contributed by atoms with E-state index in [9.17, 15) is 15.3 Å². The first-order chi connectivity index (χ1) is 14.8. The molecule has 3 rings (SSSR count). The lowest BCUT2D eigenvalue weighted by Crippen LogP contribution is -2.40. The molecule has 3 nitrogen and oxygen atoms in total. The van der Waals surface area contributed by atoms with E-state index in [0.717, 1.165) is 42.6 Å². The van der Waals surface area contributed by atoms with Crippen molar-refractivity contribution in [3.8, 4) is 0 Å². The summed E-state index contributed by atoms with van der Waals surface area (Å²) in [7, 11) is 0. The summed E-state index contributed by atoms with van der Waals surface area (Å²) in [5.41, 5.74) is 2.91. The molecule has 0 spiro atoms. The van der Waals surface area contributed by atoms with Crippen molar-refractivity contribution in [1.82, 2.24) is 0 Å². The molecule has 0 aromatic carbocycles. The fraction of sp³-hybridized carbons (Fsp3) is 0.929. The first kappa shape index (κ1) is 25.2. The van der Waals surface area contributed by atoms with Crippen LogP contribution in [0.1, 0.15) is 111 Å². The monoisotopic (exact) mass is 434 g/mol. The van der Waals surface area contributed by atoms with E-state index in [2.05, 4.69) is 27.7 Å². The van der Waals surface area contributed by atoms with Crippen LogP contribution in [0.5, 0.6) is 0 Å². The van der Waals surface area contributed by atoms with E-state index >= 15 is 0 Å². The minimum Gasteiger partial charge on any atom is -0.396 e. The van der Waals surface area contributed by atoms with Crippen LogP contribution in [0.4, 0.5) is 0 Å². The van der Waals surface area contributed by atoms with Gasteiger partial charge in [0.15, 0.2) is 0 Å². The van der Waals surface area contributed by atoms with E-state index in [-0.39, 0.29) is 6.10 Å². The number of hydrogen-bond donors (Lipinski definition) is 3. The molecule has 2 fully saturated rings. The van der Waals surface area contributed by atoms with Crippen LogP contribution in [-0.2, 0) is 0 Å². The Morgan fingerprint density at radius 3 is 2.61 bits per heavy atom. The van der Waals surface area contributed by atoms with E-state index in [1.54, 1.807) is 0 Å². The van der Waals surface area contributed by atoms with Crippen molar-refractivity contribution in [2.45, 2.75) is 123 Å². The number of rotatable bonds is 10. The summed E-state index contributed by atoms with van der Waals surface area (Å²) in [5, 5.41) is 30.1. The predicted molar refractivity (Wildman–Crippen MR) is 129 cm³/mol. The third-order valence-corrected chi connectivity index (χ3v) is 10.0. The fourth-order valence-corrected chi connectivity index (χ4v) is 8.08. The minimum absolute atomic E-state index is 0.334. The summed E-state index contributed by atoms with van der Waals surface area (Å²) >= 11 is 0. The zero-order chi connectivity index (χ0) is 22.6. The molecule has 0 aliphatic heterocycles. The summed E-state index contributed by atoms with van der Waals surface area (Å²) in [6, 6.07) is 0. The number of aliphatic hydroxyl groups is 3. The van der Waals surface area contributed by atoms with Gasteiger partial charge < -0.3 is 15.3 Å². The van der Waals surface area contributed by atoms with Gasteiger partial charge in [0.25, 0.3) is 0 Å². The van der Waals surface area contributed by atoms with Gasteiger partial charge in [0.05, 0.1) is 12.2 Å². The van der Waals surface area contributed by atoms with Gasteiger partial charge in [0.1, 0.15) is 0 Å². The van der Waals surface area contributed by atoms with Gasteiger partial charge in [0, 0.05) is 13.0 Å². The van der Waals surface area contributed by atoms with E-state index in [1.165, 1.54) is 63.4 Å². The molecule has 180 valence electrons. The SMILES string of the molecule is CCCC[C@H](CCO)[C@@H](C)[C@H]1CC[C@H]2C(CCC3=C(C)[C@@H](O)C[C@H](O)C3)CCC[C@]12C. The first-order valence-corrected chi connectivity index (χ1v) is 13.5. The summed E-state index contributed by atoms with van der Waals surface area (Å²) in [5.74, 6) is 3.80. The molecule has 3 heteroatoms. The highest BCUT2D eigenvalue weighted by molar-refractivity contribution is 5.21. The van der Waals surface area contributed by atoms with Crippen LogP contribution in [0.2, 0.25) is 0 Å². The average Bonchev–Trinajstić information content (AvgIpc) is 3.09. The van der Waals surface area contributed by atoms with E-state index < -0.39 is 6.10 Å². The Hall–Kier alpha value is -0.380. The quantitative estimate of drug-likeness (QED) is 0.356. The number of unbranched alkanes of at least 4 members (excludes halogenated alkanes) is 1. The molecule has 3 aliphatic rings. The fourth-order valence-electron chi connectivity index (χ4n) is 8.08. The molecule has 3 aliphatic carbocycles. The highest BCUT2D eigenvalue weighted by Crippen LogP contribution is 2.61. The molecule has 0 radical (unpaired) electrons. The highest BCUT2D eigenvalue weighted by Gasteiger charge is 2.52. The van der Waals surface area contributed by atoms with Gasteiger partial charge in [0.2, 0.25) is 0 Å². The van der Waals surface area contributed by atoms with E-state index in [0.29, 0.717) is 30.3 Å². The second-order valence-electron chi connectivity index (χ2n) is 11.7. The van der Waals surface area contributed by atoms with Gasteiger partial charge in [-0.15, -0.1) is 0 Å². The maximum atomic E-state index is 10.3.